The molecular formula is C19H30N2. The van der Waals surface area contributed by atoms with Crippen molar-refractivity contribution in [3.05, 3.63) is 29.3 Å². The van der Waals surface area contributed by atoms with Gasteiger partial charge in [-0.2, -0.15) is 0 Å². The molecule has 1 aromatic rings. The minimum absolute atomic E-state index is 0.235. The van der Waals surface area contributed by atoms with Crippen LogP contribution in [0.25, 0.3) is 0 Å². The molecule has 0 amide bonds. The number of anilines is 1. The molecule has 21 heavy (non-hydrogen) atoms. The molecule has 1 fully saturated rings. The highest BCUT2D eigenvalue weighted by atomic mass is 15.2. The molecule has 1 aliphatic heterocycles. The monoisotopic (exact) mass is 286 g/mol. The lowest BCUT2D eigenvalue weighted by atomic mass is 9.90. The molecule has 0 aromatic heterocycles. The maximum Gasteiger partial charge on any atom is 0.0401 e. The molecule has 3 rings (SSSR count). The standard InChI is InChI=1S/C19H30N2/c1-19(2,3)20-13-15-11-12-21(14-15)18-10-6-8-16-7-4-5-9-17(16)18/h6,8,10,15,20H,4-5,7,9,11-14H2,1-3H3. The van der Waals surface area contributed by atoms with Gasteiger partial charge in [-0.1, -0.05) is 12.1 Å². The Morgan fingerprint density at radius 2 is 2.00 bits per heavy atom. The summed E-state index contributed by atoms with van der Waals surface area (Å²) < 4.78 is 0. The number of hydrogen-bond donors (Lipinski definition) is 1. The quantitative estimate of drug-likeness (QED) is 0.909. The second-order valence-electron chi connectivity index (χ2n) is 7.85. The average molecular weight is 286 g/mol. The molecule has 2 heteroatoms. The molecule has 1 aromatic carbocycles. The van der Waals surface area contributed by atoms with Crippen LogP contribution < -0.4 is 10.2 Å². The first-order chi connectivity index (χ1) is 10.0. The minimum Gasteiger partial charge on any atom is -0.371 e. The van der Waals surface area contributed by atoms with Crippen molar-refractivity contribution in [2.24, 2.45) is 5.92 Å². The van der Waals surface area contributed by atoms with E-state index in [9.17, 15) is 0 Å². The lowest BCUT2D eigenvalue weighted by molar-refractivity contribution is 0.383. The van der Waals surface area contributed by atoms with E-state index < -0.39 is 0 Å². The van der Waals surface area contributed by atoms with Crippen LogP contribution in [0.4, 0.5) is 5.69 Å². The molecule has 0 bridgehead atoms. The predicted molar refractivity (Wildman–Crippen MR) is 91.2 cm³/mol. The average Bonchev–Trinajstić information content (AvgIpc) is 2.92. The van der Waals surface area contributed by atoms with Crippen LogP contribution in [0.3, 0.4) is 0 Å². The van der Waals surface area contributed by atoms with Crippen molar-refractivity contribution in [1.29, 1.82) is 0 Å². The number of benzene rings is 1. The van der Waals surface area contributed by atoms with Crippen molar-refractivity contribution in [2.75, 3.05) is 24.5 Å². The Labute approximate surface area is 129 Å². The predicted octanol–water partition coefficient (Wildman–Crippen LogP) is 3.78. The fourth-order valence-corrected chi connectivity index (χ4v) is 3.73. The number of nitrogens with zero attached hydrogens (tertiary/aromatic N) is 1. The van der Waals surface area contributed by atoms with E-state index in [1.54, 1.807) is 11.1 Å². The summed E-state index contributed by atoms with van der Waals surface area (Å²) in [6.07, 6.45) is 6.63. The number of nitrogens with one attached hydrogen (secondary N) is 1. The highest BCUT2D eigenvalue weighted by molar-refractivity contribution is 5.58. The fraction of sp³-hybridized carbons (Fsp3) is 0.684. The third-order valence-electron chi connectivity index (χ3n) is 4.92. The van der Waals surface area contributed by atoms with Crippen molar-refractivity contribution in [2.45, 2.75) is 58.4 Å². The fourth-order valence-electron chi connectivity index (χ4n) is 3.73. The van der Waals surface area contributed by atoms with E-state index in [1.807, 2.05) is 0 Å². The van der Waals surface area contributed by atoms with E-state index in [1.165, 1.54) is 50.9 Å². The third-order valence-corrected chi connectivity index (χ3v) is 4.92. The lowest BCUT2D eigenvalue weighted by Gasteiger charge is -2.27. The second kappa shape index (κ2) is 6.00. The molecule has 116 valence electrons. The molecule has 1 heterocycles. The molecule has 1 saturated heterocycles. The normalized spacial score (nSPS) is 22.4. The second-order valence-corrected chi connectivity index (χ2v) is 7.85. The van der Waals surface area contributed by atoms with Crippen molar-refractivity contribution in [3.8, 4) is 0 Å². The molecule has 2 nitrogen and oxygen atoms in total. The van der Waals surface area contributed by atoms with E-state index in [0.717, 1.165) is 12.5 Å². The first-order valence-electron chi connectivity index (χ1n) is 8.64. The summed E-state index contributed by atoms with van der Waals surface area (Å²) in [5.74, 6) is 0.795. The van der Waals surface area contributed by atoms with Gasteiger partial charge in [0.2, 0.25) is 0 Å². The van der Waals surface area contributed by atoms with Gasteiger partial charge < -0.3 is 10.2 Å². The maximum atomic E-state index is 3.67. The van der Waals surface area contributed by atoms with Crippen LogP contribution in [-0.2, 0) is 12.8 Å². The molecule has 0 spiro atoms. The summed E-state index contributed by atoms with van der Waals surface area (Å²) in [7, 11) is 0. The molecule has 1 aliphatic carbocycles. The molecule has 1 atom stereocenters. The van der Waals surface area contributed by atoms with E-state index in [2.05, 4.69) is 49.2 Å². The zero-order valence-corrected chi connectivity index (χ0v) is 13.9. The number of fused-ring (bicyclic) bond motifs is 1. The summed E-state index contributed by atoms with van der Waals surface area (Å²) in [5.41, 5.74) is 5.02. The topological polar surface area (TPSA) is 15.3 Å². The summed E-state index contributed by atoms with van der Waals surface area (Å²) in [6, 6.07) is 6.96. The van der Waals surface area contributed by atoms with Gasteiger partial charge in [0.15, 0.2) is 0 Å². The van der Waals surface area contributed by atoms with Crippen molar-refractivity contribution in [1.82, 2.24) is 5.32 Å². The largest absolute Gasteiger partial charge is 0.371 e. The SMILES string of the molecule is CC(C)(C)NCC1CCN(c2cccc3c2CCCC3)C1. The first-order valence-corrected chi connectivity index (χ1v) is 8.64. The molecule has 1 N–H and O–H groups in total. The van der Waals surface area contributed by atoms with E-state index in [-0.39, 0.29) is 5.54 Å². The first kappa shape index (κ1) is 14.9. The van der Waals surface area contributed by atoms with Crippen molar-refractivity contribution >= 4 is 5.69 Å². The van der Waals surface area contributed by atoms with Crippen LogP contribution in [-0.4, -0.2) is 25.2 Å². The molecule has 0 radical (unpaired) electrons. The van der Waals surface area contributed by atoms with Crippen molar-refractivity contribution < 1.29 is 0 Å². The van der Waals surface area contributed by atoms with Gasteiger partial charge in [0.25, 0.3) is 0 Å². The number of rotatable bonds is 3. The van der Waals surface area contributed by atoms with Crippen LogP contribution in [0.5, 0.6) is 0 Å². The summed E-state index contributed by atoms with van der Waals surface area (Å²) in [4.78, 5) is 2.64. The van der Waals surface area contributed by atoms with Gasteiger partial charge in [-0.15, -0.1) is 0 Å². The van der Waals surface area contributed by atoms with Gasteiger partial charge in [0, 0.05) is 30.9 Å². The van der Waals surface area contributed by atoms with Gasteiger partial charge in [-0.05, 0) is 76.0 Å². The van der Waals surface area contributed by atoms with Crippen LogP contribution in [0, 0.1) is 5.92 Å². The zero-order valence-electron chi connectivity index (χ0n) is 13.9. The van der Waals surface area contributed by atoms with E-state index in [0.29, 0.717) is 0 Å². The number of hydrogen-bond acceptors (Lipinski definition) is 2. The van der Waals surface area contributed by atoms with Gasteiger partial charge in [-0.25, -0.2) is 0 Å². The Bertz CT molecular complexity index is 487. The van der Waals surface area contributed by atoms with Crippen LogP contribution in [0.1, 0.15) is 51.2 Å². The van der Waals surface area contributed by atoms with Gasteiger partial charge in [0.1, 0.15) is 0 Å². The smallest absolute Gasteiger partial charge is 0.0401 e. The molecular weight excluding hydrogens is 256 g/mol. The van der Waals surface area contributed by atoms with E-state index in [4.69, 9.17) is 0 Å². The molecule has 2 aliphatic rings. The highest BCUT2D eigenvalue weighted by Gasteiger charge is 2.26. The minimum atomic E-state index is 0.235. The molecule has 1 unspecified atom stereocenters. The highest BCUT2D eigenvalue weighted by Crippen LogP contribution is 2.33. The summed E-state index contributed by atoms with van der Waals surface area (Å²) >= 11 is 0. The molecule has 0 saturated carbocycles. The Kier molecular flexibility index (Phi) is 4.26. The third kappa shape index (κ3) is 3.60. The van der Waals surface area contributed by atoms with Crippen LogP contribution in [0.15, 0.2) is 18.2 Å². The summed E-state index contributed by atoms with van der Waals surface area (Å²) in [5, 5.41) is 3.67. The Morgan fingerprint density at radius 1 is 1.19 bits per heavy atom. The van der Waals surface area contributed by atoms with Crippen LogP contribution >= 0.6 is 0 Å². The summed E-state index contributed by atoms with van der Waals surface area (Å²) in [6.45, 7) is 10.4. The Morgan fingerprint density at radius 3 is 2.81 bits per heavy atom. The van der Waals surface area contributed by atoms with Crippen molar-refractivity contribution in [3.63, 3.8) is 0 Å². The maximum absolute atomic E-state index is 3.67. The van der Waals surface area contributed by atoms with Gasteiger partial charge in [-0.3, -0.25) is 0 Å². The zero-order chi connectivity index (χ0) is 14.9. The Hall–Kier alpha value is -1.02. The van der Waals surface area contributed by atoms with Gasteiger partial charge in [0.05, 0.1) is 0 Å². The van der Waals surface area contributed by atoms with Crippen LogP contribution in [0.2, 0.25) is 0 Å². The van der Waals surface area contributed by atoms with E-state index >= 15 is 0 Å². The Balaban J connectivity index is 1.66. The van der Waals surface area contributed by atoms with Gasteiger partial charge >= 0.3 is 0 Å². The number of aryl methyl sites for hydroxylation is 1. The lowest BCUT2D eigenvalue weighted by Crippen LogP contribution is -2.39.